The summed E-state index contributed by atoms with van der Waals surface area (Å²) in [5.74, 6) is 1.74. The van der Waals surface area contributed by atoms with Gasteiger partial charge in [-0.25, -0.2) is 14.5 Å². The van der Waals surface area contributed by atoms with Crippen LogP contribution in [-0.2, 0) is 12.8 Å². The maximum Gasteiger partial charge on any atom is 0.261 e. The van der Waals surface area contributed by atoms with Crippen LogP contribution in [0.5, 0.6) is 0 Å². The van der Waals surface area contributed by atoms with Gasteiger partial charge in [-0.1, -0.05) is 23.9 Å². The SMILES string of the molecule is Cn1c(CSc2nc3ncccn3n2)nc2ccccc2c1=O. The Morgan fingerprint density at radius 1 is 1.17 bits per heavy atom. The molecule has 0 amide bonds. The molecule has 114 valence electrons. The zero-order valence-corrected chi connectivity index (χ0v) is 13.1. The molecule has 0 saturated carbocycles. The van der Waals surface area contributed by atoms with Crippen LogP contribution in [0.1, 0.15) is 5.82 Å². The molecule has 1 aromatic carbocycles. The van der Waals surface area contributed by atoms with Crippen molar-refractivity contribution in [2.24, 2.45) is 7.05 Å². The molecule has 0 aliphatic carbocycles. The third-order valence-electron chi connectivity index (χ3n) is 3.50. The van der Waals surface area contributed by atoms with E-state index in [0.717, 1.165) is 0 Å². The monoisotopic (exact) mass is 324 g/mol. The average molecular weight is 324 g/mol. The lowest BCUT2D eigenvalue weighted by atomic mass is 10.2. The van der Waals surface area contributed by atoms with E-state index in [0.29, 0.717) is 33.4 Å². The number of hydrogen-bond acceptors (Lipinski definition) is 6. The van der Waals surface area contributed by atoms with Crippen molar-refractivity contribution in [3.8, 4) is 0 Å². The second-order valence-electron chi connectivity index (χ2n) is 4.96. The minimum atomic E-state index is -0.0455. The highest BCUT2D eigenvalue weighted by Gasteiger charge is 2.10. The summed E-state index contributed by atoms with van der Waals surface area (Å²) in [6.45, 7) is 0. The van der Waals surface area contributed by atoms with Gasteiger partial charge in [0.15, 0.2) is 0 Å². The van der Waals surface area contributed by atoms with Gasteiger partial charge >= 0.3 is 0 Å². The molecule has 0 N–H and O–H groups in total. The first-order chi connectivity index (χ1) is 11.2. The first-order valence-electron chi connectivity index (χ1n) is 6.97. The van der Waals surface area contributed by atoms with Gasteiger partial charge in [0.25, 0.3) is 11.3 Å². The highest BCUT2D eigenvalue weighted by molar-refractivity contribution is 7.98. The predicted octanol–water partition coefficient (Wildman–Crippen LogP) is 1.66. The smallest absolute Gasteiger partial charge is 0.261 e. The Labute approximate surface area is 135 Å². The van der Waals surface area contributed by atoms with E-state index in [2.05, 4.69) is 20.1 Å². The quantitative estimate of drug-likeness (QED) is 0.533. The molecule has 0 bridgehead atoms. The van der Waals surface area contributed by atoms with E-state index < -0.39 is 0 Å². The summed E-state index contributed by atoms with van der Waals surface area (Å²) in [5, 5.41) is 5.56. The molecule has 0 unspecified atom stereocenters. The van der Waals surface area contributed by atoms with Crippen LogP contribution in [0, 0.1) is 0 Å². The van der Waals surface area contributed by atoms with Crippen molar-refractivity contribution in [2.45, 2.75) is 10.9 Å². The van der Waals surface area contributed by atoms with Crippen molar-refractivity contribution in [1.82, 2.24) is 29.1 Å². The molecule has 0 aliphatic rings. The molecule has 0 fully saturated rings. The molecule has 0 aliphatic heterocycles. The number of benzene rings is 1. The van der Waals surface area contributed by atoms with E-state index >= 15 is 0 Å². The third kappa shape index (κ3) is 2.46. The number of hydrogen-bond donors (Lipinski definition) is 0. The molecule has 0 atom stereocenters. The Balaban J connectivity index is 1.67. The van der Waals surface area contributed by atoms with Crippen LogP contribution in [0.25, 0.3) is 16.7 Å². The van der Waals surface area contributed by atoms with Gasteiger partial charge in [0.1, 0.15) is 5.82 Å². The van der Waals surface area contributed by atoms with Crippen molar-refractivity contribution in [2.75, 3.05) is 0 Å². The minimum absolute atomic E-state index is 0.0455. The fourth-order valence-corrected chi connectivity index (χ4v) is 3.11. The van der Waals surface area contributed by atoms with Gasteiger partial charge < -0.3 is 0 Å². The van der Waals surface area contributed by atoms with Crippen LogP contribution >= 0.6 is 11.8 Å². The Bertz CT molecular complexity index is 1040. The van der Waals surface area contributed by atoms with E-state index in [1.807, 2.05) is 18.2 Å². The number of aromatic nitrogens is 6. The van der Waals surface area contributed by atoms with Crippen molar-refractivity contribution in [3.63, 3.8) is 0 Å². The largest absolute Gasteiger partial charge is 0.299 e. The third-order valence-corrected chi connectivity index (χ3v) is 4.34. The van der Waals surface area contributed by atoms with Crippen molar-refractivity contribution in [1.29, 1.82) is 0 Å². The first-order valence-corrected chi connectivity index (χ1v) is 7.96. The zero-order valence-electron chi connectivity index (χ0n) is 12.2. The fraction of sp³-hybridized carbons (Fsp3) is 0.133. The summed E-state index contributed by atoms with van der Waals surface area (Å²) in [7, 11) is 1.73. The van der Waals surface area contributed by atoms with Crippen LogP contribution in [0.3, 0.4) is 0 Å². The molecular weight excluding hydrogens is 312 g/mol. The molecule has 0 spiro atoms. The van der Waals surface area contributed by atoms with E-state index in [1.54, 1.807) is 40.7 Å². The lowest BCUT2D eigenvalue weighted by Gasteiger charge is -2.07. The van der Waals surface area contributed by atoms with Gasteiger partial charge in [0.05, 0.1) is 16.7 Å². The molecule has 0 radical (unpaired) electrons. The van der Waals surface area contributed by atoms with Gasteiger partial charge in [-0.3, -0.25) is 9.36 Å². The Morgan fingerprint density at radius 3 is 2.91 bits per heavy atom. The van der Waals surface area contributed by atoms with Crippen LogP contribution < -0.4 is 5.56 Å². The van der Waals surface area contributed by atoms with E-state index in [9.17, 15) is 4.79 Å². The molecule has 8 heteroatoms. The Kier molecular flexibility index (Phi) is 3.30. The minimum Gasteiger partial charge on any atom is -0.299 e. The average Bonchev–Trinajstić information content (AvgIpc) is 3.00. The number of fused-ring (bicyclic) bond motifs is 2. The highest BCUT2D eigenvalue weighted by atomic mass is 32.2. The predicted molar refractivity (Wildman–Crippen MR) is 87.3 cm³/mol. The summed E-state index contributed by atoms with van der Waals surface area (Å²) in [5.41, 5.74) is 0.659. The Hall–Kier alpha value is -2.74. The molecule has 4 rings (SSSR count). The second-order valence-corrected chi connectivity index (χ2v) is 5.90. The Morgan fingerprint density at radius 2 is 2.04 bits per heavy atom. The van der Waals surface area contributed by atoms with Gasteiger partial charge in [-0.15, -0.1) is 5.10 Å². The second kappa shape index (κ2) is 5.47. The normalized spacial score (nSPS) is 11.3. The van der Waals surface area contributed by atoms with E-state index in [-0.39, 0.29) is 5.56 Å². The molecule has 7 nitrogen and oxygen atoms in total. The topological polar surface area (TPSA) is 78.0 Å². The summed E-state index contributed by atoms with van der Waals surface area (Å²) < 4.78 is 3.19. The van der Waals surface area contributed by atoms with Crippen LogP contribution in [0.2, 0.25) is 0 Å². The molecule has 4 aromatic rings. The molecule has 3 heterocycles. The lowest BCUT2D eigenvalue weighted by molar-refractivity contribution is 0.783. The number of para-hydroxylation sites is 1. The maximum atomic E-state index is 12.4. The molecule has 23 heavy (non-hydrogen) atoms. The maximum absolute atomic E-state index is 12.4. The molecule has 0 saturated heterocycles. The molecular formula is C15H12N6OS. The van der Waals surface area contributed by atoms with E-state index in [1.165, 1.54) is 11.8 Å². The van der Waals surface area contributed by atoms with Gasteiger partial charge in [-0.05, 0) is 18.2 Å². The number of thioether (sulfide) groups is 1. The van der Waals surface area contributed by atoms with Gasteiger partial charge in [0.2, 0.25) is 5.16 Å². The first kappa shape index (κ1) is 13.9. The van der Waals surface area contributed by atoms with Crippen LogP contribution in [0.4, 0.5) is 0 Å². The van der Waals surface area contributed by atoms with Gasteiger partial charge in [-0.2, -0.15) is 4.98 Å². The van der Waals surface area contributed by atoms with Crippen molar-refractivity contribution >= 4 is 28.4 Å². The zero-order chi connectivity index (χ0) is 15.8. The highest BCUT2D eigenvalue weighted by Crippen LogP contribution is 2.19. The fourth-order valence-electron chi connectivity index (χ4n) is 2.30. The summed E-state index contributed by atoms with van der Waals surface area (Å²) in [4.78, 5) is 25.4. The van der Waals surface area contributed by atoms with Crippen molar-refractivity contribution in [3.05, 3.63) is 58.9 Å². The van der Waals surface area contributed by atoms with Gasteiger partial charge in [0, 0.05) is 19.4 Å². The van der Waals surface area contributed by atoms with Crippen molar-refractivity contribution < 1.29 is 0 Å². The standard InChI is InChI=1S/C15H12N6OS/c1-20-12(17-11-6-3-2-5-10(11)13(20)22)9-23-15-18-14-16-7-4-8-21(14)19-15/h2-8H,9H2,1H3. The lowest BCUT2D eigenvalue weighted by Crippen LogP contribution is -2.21. The van der Waals surface area contributed by atoms with Crippen LogP contribution in [0.15, 0.2) is 52.7 Å². The summed E-state index contributed by atoms with van der Waals surface area (Å²) >= 11 is 1.43. The van der Waals surface area contributed by atoms with Crippen LogP contribution in [-0.4, -0.2) is 29.1 Å². The molecule has 3 aromatic heterocycles. The summed E-state index contributed by atoms with van der Waals surface area (Å²) in [6.07, 6.45) is 3.47. The summed E-state index contributed by atoms with van der Waals surface area (Å²) in [6, 6.07) is 9.15. The number of nitrogens with zero attached hydrogens (tertiary/aromatic N) is 6. The number of rotatable bonds is 3. The van der Waals surface area contributed by atoms with E-state index in [4.69, 9.17) is 0 Å².